The van der Waals surface area contributed by atoms with E-state index in [9.17, 15) is 14.4 Å². The van der Waals surface area contributed by atoms with E-state index in [4.69, 9.17) is 11.6 Å². The van der Waals surface area contributed by atoms with E-state index in [0.717, 1.165) is 5.39 Å². The van der Waals surface area contributed by atoms with Gasteiger partial charge in [0.2, 0.25) is 11.8 Å². The molecule has 28 heavy (non-hydrogen) atoms. The monoisotopic (exact) mass is 397 g/mol. The molecule has 1 heterocycles. The highest BCUT2D eigenvalue weighted by atomic mass is 35.5. The molecule has 0 spiro atoms. The predicted molar refractivity (Wildman–Crippen MR) is 106 cm³/mol. The molecular weight excluding hydrogens is 382 g/mol. The first kappa shape index (κ1) is 19.3. The van der Waals surface area contributed by atoms with E-state index in [0.29, 0.717) is 11.2 Å². The minimum atomic E-state index is -0.574. The van der Waals surface area contributed by atoms with Crippen LogP contribution in [0.2, 0.25) is 5.02 Å². The van der Waals surface area contributed by atoms with Crippen molar-refractivity contribution in [2.45, 2.75) is 6.42 Å². The lowest BCUT2D eigenvalue weighted by atomic mass is 10.2. The summed E-state index contributed by atoms with van der Waals surface area (Å²) in [5.41, 5.74) is 1.59. The number of anilines is 2. The van der Waals surface area contributed by atoms with Crippen LogP contribution < -0.4 is 10.6 Å². The minimum absolute atomic E-state index is 0.217. The molecule has 2 amide bonds. The maximum Gasteiger partial charge on any atom is 0.337 e. The summed E-state index contributed by atoms with van der Waals surface area (Å²) in [7, 11) is 1.25. The molecule has 3 aromatic rings. The van der Waals surface area contributed by atoms with Crippen molar-refractivity contribution in [3.63, 3.8) is 0 Å². The van der Waals surface area contributed by atoms with Crippen molar-refractivity contribution in [2.24, 2.45) is 0 Å². The van der Waals surface area contributed by atoms with Crippen molar-refractivity contribution in [3.8, 4) is 0 Å². The summed E-state index contributed by atoms with van der Waals surface area (Å²) in [6, 6.07) is 13.4. The zero-order chi connectivity index (χ0) is 20.1. The van der Waals surface area contributed by atoms with Crippen LogP contribution in [0.5, 0.6) is 0 Å². The highest BCUT2D eigenvalue weighted by Gasteiger charge is 2.15. The summed E-state index contributed by atoms with van der Waals surface area (Å²) in [5.74, 6) is -1.64. The molecule has 0 atom stereocenters. The van der Waals surface area contributed by atoms with Crippen molar-refractivity contribution in [2.75, 3.05) is 17.7 Å². The van der Waals surface area contributed by atoms with Crippen LogP contribution in [-0.2, 0) is 14.3 Å². The summed E-state index contributed by atoms with van der Waals surface area (Å²) < 4.78 is 4.64. The molecule has 0 saturated carbocycles. The molecule has 0 aliphatic heterocycles. The lowest BCUT2D eigenvalue weighted by Gasteiger charge is -2.10. The van der Waals surface area contributed by atoms with E-state index in [2.05, 4.69) is 20.4 Å². The van der Waals surface area contributed by atoms with Gasteiger partial charge in [-0.2, -0.15) is 0 Å². The van der Waals surface area contributed by atoms with Crippen molar-refractivity contribution in [1.29, 1.82) is 0 Å². The van der Waals surface area contributed by atoms with Crippen LogP contribution in [0.25, 0.3) is 10.9 Å². The SMILES string of the molecule is COC(=O)c1ccc(Cl)c(NC(=O)CC(=O)Nc2cccc3cccnc23)c1. The topological polar surface area (TPSA) is 97.4 Å². The van der Waals surface area contributed by atoms with Crippen LogP contribution in [0.3, 0.4) is 0 Å². The quantitative estimate of drug-likeness (QED) is 0.506. The van der Waals surface area contributed by atoms with Crippen LogP contribution in [0, 0.1) is 0 Å². The highest BCUT2D eigenvalue weighted by Crippen LogP contribution is 2.24. The number of nitrogens with one attached hydrogen (secondary N) is 2. The molecular formula is C20H16ClN3O4. The van der Waals surface area contributed by atoms with Gasteiger partial charge in [-0.15, -0.1) is 0 Å². The number of carbonyl (C=O) groups is 3. The molecule has 2 N–H and O–H groups in total. The Morgan fingerprint density at radius 3 is 2.46 bits per heavy atom. The summed E-state index contributed by atoms with van der Waals surface area (Å²) in [4.78, 5) is 40.3. The Labute approximate surface area is 165 Å². The van der Waals surface area contributed by atoms with Crippen molar-refractivity contribution in [1.82, 2.24) is 4.98 Å². The third-order valence-electron chi connectivity index (χ3n) is 3.89. The highest BCUT2D eigenvalue weighted by molar-refractivity contribution is 6.34. The molecule has 7 nitrogen and oxygen atoms in total. The molecule has 0 saturated heterocycles. The van der Waals surface area contributed by atoms with Crippen LogP contribution in [0.1, 0.15) is 16.8 Å². The van der Waals surface area contributed by atoms with Gasteiger partial charge in [0.05, 0.1) is 34.6 Å². The standard InChI is InChI=1S/C20H16ClN3O4/c1-28-20(27)13-7-8-14(21)16(10-13)24-18(26)11-17(25)23-15-6-2-4-12-5-3-9-22-19(12)15/h2-10H,11H2,1H3,(H,23,25)(H,24,26). The fraction of sp³-hybridized carbons (Fsp3) is 0.100. The van der Waals surface area contributed by atoms with Crippen molar-refractivity contribution in [3.05, 3.63) is 65.3 Å². The number of halogens is 1. The van der Waals surface area contributed by atoms with Gasteiger partial charge in [0.1, 0.15) is 6.42 Å². The van der Waals surface area contributed by atoms with Crippen molar-refractivity contribution < 1.29 is 19.1 Å². The van der Waals surface area contributed by atoms with Gasteiger partial charge in [0.25, 0.3) is 0 Å². The molecule has 0 aliphatic rings. The fourth-order valence-corrected chi connectivity index (χ4v) is 2.77. The van der Waals surface area contributed by atoms with Gasteiger partial charge in [0.15, 0.2) is 0 Å². The number of amides is 2. The van der Waals surface area contributed by atoms with Crippen LogP contribution in [-0.4, -0.2) is 29.9 Å². The number of esters is 1. The van der Waals surface area contributed by atoms with Gasteiger partial charge in [-0.05, 0) is 30.3 Å². The number of hydrogen-bond donors (Lipinski definition) is 2. The molecule has 8 heteroatoms. The maximum atomic E-state index is 12.3. The van der Waals surface area contributed by atoms with Crippen molar-refractivity contribution >= 4 is 51.7 Å². The molecule has 0 bridgehead atoms. The number of nitrogens with zero attached hydrogens (tertiary/aromatic N) is 1. The summed E-state index contributed by atoms with van der Waals surface area (Å²) in [6.07, 6.45) is 1.20. The number of rotatable bonds is 5. The lowest BCUT2D eigenvalue weighted by molar-refractivity contribution is -0.123. The first-order valence-corrected chi connectivity index (χ1v) is 8.67. The molecule has 0 aliphatic carbocycles. The van der Waals surface area contributed by atoms with E-state index in [1.165, 1.54) is 25.3 Å². The molecule has 0 unspecified atom stereocenters. The van der Waals surface area contributed by atoms with Gasteiger partial charge in [-0.25, -0.2) is 4.79 Å². The van der Waals surface area contributed by atoms with Gasteiger partial charge < -0.3 is 15.4 Å². The number of aromatic nitrogens is 1. The second kappa shape index (κ2) is 8.49. The lowest BCUT2D eigenvalue weighted by Crippen LogP contribution is -2.22. The van der Waals surface area contributed by atoms with Gasteiger partial charge >= 0.3 is 5.97 Å². The van der Waals surface area contributed by atoms with Gasteiger partial charge in [0, 0.05) is 11.6 Å². The smallest absolute Gasteiger partial charge is 0.337 e. The zero-order valence-corrected chi connectivity index (χ0v) is 15.6. The third-order valence-corrected chi connectivity index (χ3v) is 4.22. The van der Waals surface area contributed by atoms with Crippen LogP contribution in [0.15, 0.2) is 54.7 Å². The average Bonchev–Trinajstić information content (AvgIpc) is 2.69. The fourth-order valence-electron chi connectivity index (χ4n) is 2.61. The Kier molecular flexibility index (Phi) is 5.86. The summed E-state index contributed by atoms with van der Waals surface area (Å²) in [6.45, 7) is 0. The van der Waals surface area contributed by atoms with E-state index < -0.39 is 24.2 Å². The predicted octanol–water partition coefficient (Wildman–Crippen LogP) is 3.64. The van der Waals surface area contributed by atoms with Crippen LogP contribution in [0.4, 0.5) is 11.4 Å². The van der Waals surface area contributed by atoms with Gasteiger partial charge in [-0.3, -0.25) is 14.6 Å². The summed E-state index contributed by atoms with van der Waals surface area (Å²) in [5, 5.41) is 6.32. The Balaban J connectivity index is 1.68. The van der Waals surface area contributed by atoms with E-state index in [1.54, 1.807) is 24.4 Å². The Hall–Kier alpha value is -3.45. The zero-order valence-electron chi connectivity index (χ0n) is 14.9. The van der Waals surface area contributed by atoms with Crippen LogP contribution >= 0.6 is 11.6 Å². The summed E-state index contributed by atoms with van der Waals surface area (Å²) >= 11 is 6.04. The average molecular weight is 398 g/mol. The van der Waals surface area contributed by atoms with E-state index >= 15 is 0 Å². The van der Waals surface area contributed by atoms with Gasteiger partial charge in [-0.1, -0.05) is 29.8 Å². The molecule has 0 fully saturated rings. The first-order chi connectivity index (χ1) is 13.5. The molecule has 142 valence electrons. The molecule has 3 rings (SSSR count). The number of benzene rings is 2. The second-order valence-corrected chi connectivity index (χ2v) is 6.25. The van der Waals surface area contributed by atoms with E-state index in [1.807, 2.05) is 12.1 Å². The Bertz CT molecular complexity index is 1060. The number of ether oxygens (including phenoxy) is 1. The molecule has 2 aromatic carbocycles. The first-order valence-electron chi connectivity index (χ1n) is 8.29. The number of carbonyl (C=O) groups excluding carboxylic acids is 3. The molecule has 1 aromatic heterocycles. The number of para-hydroxylation sites is 1. The Morgan fingerprint density at radius 1 is 1.00 bits per heavy atom. The number of hydrogen-bond acceptors (Lipinski definition) is 5. The third kappa shape index (κ3) is 4.44. The Morgan fingerprint density at radius 2 is 1.71 bits per heavy atom. The number of fused-ring (bicyclic) bond motifs is 1. The normalized spacial score (nSPS) is 10.4. The van der Waals surface area contributed by atoms with E-state index in [-0.39, 0.29) is 16.3 Å². The second-order valence-electron chi connectivity index (χ2n) is 5.84. The number of pyridine rings is 1. The largest absolute Gasteiger partial charge is 0.465 e. The minimum Gasteiger partial charge on any atom is -0.465 e. The maximum absolute atomic E-state index is 12.3. The molecule has 0 radical (unpaired) electrons. The number of methoxy groups -OCH3 is 1.